The van der Waals surface area contributed by atoms with Crippen LogP contribution in [0.3, 0.4) is 0 Å². The molecule has 0 bridgehead atoms. The van der Waals surface area contributed by atoms with Crippen molar-refractivity contribution in [3.63, 3.8) is 0 Å². The molecule has 3 aliphatic heterocycles. The third kappa shape index (κ3) is 4.57. The number of thiophene rings is 1. The average Bonchev–Trinajstić information content (AvgIpc) is 3.26. The molecule has 42 heavy (non-hydrogen) atoms. The Kier molecular flexibility index (Phi) is 6.75. The van der Waals surface area contributed by atoms with Crippen molar-refractivity contribution in [1.29, 1.82) is 5.26 Å². The summed E-state index contributed by atoms with van der Waals surface area (Å²) in [5.74, 6) is 2.49. The van der Waals surface area contributed by atoms with Gasteiger partial charge in [-0.15, -0.1) is 11.3 Å². The molecule has 7 rings (SSSR count). The van der Waals surface area contributed by atoms with Gasteiger partial charge in [-0.1, -0.05) is 5.16 Å². The first-order chi connectivity index (χ1) is 20.2. The zero-order valence-electron chi connectivity index (χ0n) is 25.0. The van der Waals surface area contributed by atoms with Crippen molar-refractivity contribution in [1.82, 2.24) is 25.1 Å². The van der Waals surface area contributed by atoms with E-state index in [4.69, 9.17) is 25.3 Å². The standard InChI is InChI=1S/C30H41N9O2S/c1-18(20-7-6-13-37(20)3)40-23-15-22(39-14-12-33-30(17-39)10-11-30)34-26(35-23)27-36-41-28(38(27)4)29(2)9-5-8-21-24(29)19(16-31)25(32)42-21/h15,18,20,28,33H,5-14,17,32H2,1-4H3/t18-,20-,28?,29-/m0/s1. The molecule has 11 nitrogen and oxygen atoms in total. The predicted octanol–water partition coefficient (Wildman–Crippen LogP) is 3.04. The molecular weight excluding hydrogens is 550 g/mol. The summed E-state index contributed by atoms with van der Waals surface area (Å²) >= 11 is 1.53. The lowest BCUT2D eigenvalue weighted by Gasteiger charge is -2.40. The topological polar surface area (TPSA) is 128 Å². The van der Waals surface area contributed by atoms with Crippen LogP contribution in [0.5, 0.6) is 5.88 Å². The summed E-state index contributed by atoms with van der Waals surface area (Å²) in [7, 11) is 4.15. The molecule has 1 unspecified atom stereocenters. The van der Waals surface area contributed by atoms with Crippen LogP contribution in [0.25, 0.3) is 0 Å². The van der Waals surface area contributed by atoms with Gasteiger partial charge >= 0.3 is 0 Å². The van der Waals surface area contributed by atoms with Gasteiger partial charge in [-0.25, -0.2) is 4.98 Å². The van der Waals surface area contributed by atoms with Crippen molar-refractivity contribution in [3.05, 3.63) is 27.9 Å². The van der Waals surface area contributed by atoms with E-state index < -0.39 is 11.6 Å². The second-order valence-corrected chi connectivity index (χ2v) is 14.2. The number of likely N-dealkylation sites (N-methyl/N-ethyl adjacent to an activating group) is 2. The Balaban J connectivity index is 1.21. The minimum Gasteiger partial charge on any atom is -0.473 e. The molecule has 1 saturated carbocycles. The Morgan fingerprint density at radius 1 is 1.24 bits per heavy atom. The molecule has 0 amide bonds. The maximum Gasteiger partial charge on any atom is 0.219 e. The van der Waals surface area contributed by atoms with Gasteiger partial charge in [0, 0.05) is 49.2 Å². The first-order valence-corrected chi connectivity index (χ1v) is 16.1. The number of hydrogen-bond donors (Lipinski definition) is 2. The number of aryl methyl sites for hydroxylation is 1. The molecule has 2 aromatic heterocycles. The monoisotopic (exact) mass is 591 g/mol. The number of amidine groups is 1. The summed E-state index contributed by atoms with van der Waals surface area (Å²) < 4.78 is 6.55. The number of anilines is 2. The van der Waals surface area contributed by atoms with E-state index in [2.05, 4.69) is 47.2 Å². The van der Waals surface area contributed by atoms with E-state index in [1.807, 2.05) is 18.0 Å². The van der Waals surface area contributed by atoms with Crippen molar-refractivity contribution in [2.24, 2.45) is 5.16 Å². The van der Waals surface area contributed by atoms with E-state index in [9.17, 15) is 5.26 Å². The lowest BCUT2D eigenvalue weighted by atomic mass is 9.71. The number of piperazine rings is 1. The van der Waals surface area contributed by atoms with Gasteiger partial charge in [0.2, 0.25) is 23.8 Å². The summed E-state index contributed by atoms with van der Waals surface area (Å²) in [6.45, 7) is 8.11. The number of nitrogens with one attached hydrogen (secondary N) is 1. The number of nitrogen functional groups attached to an aromatic ring is 1. The van der Waals surface area contributed by atoms with Crippen molar-refractivity contribution < 1.29 is 9.57 Å². The number of fused-ring (bicyclic) bond motifs is 1. The quantitative estimate of drug-likeness (QED) is 0.517. The molecular formula is C30H41N9O2S. The fraction of sp³-hybridized carbons (Fsp3) is 0.667. The largest absolute Gasteiger partial charge is 0.473 e. The van der Waals surface area contributed by atoms with Crippen LogP contribution in [0.1, 0.15) is 74.2 Å². The molecule has 12 heteroatoms. The van der Waals surface area contributed by atoms with Crippen LogP contribution in [-0.4, -0.2) is 89.8 Å². The minimum atomic E-state index is -0.456. The summed E-state index contributed by atoms with van der Waals surface area (Å²) in [6.07, 6.45) is 7.06. The SMILES string of the molecule is C[C@H](Oc1cc(N2CCNC3(CC3)C2)nc(C2=NOC([C@@]3(C)CCCc4sc(N)c(C#N)c43)N2C)n1)[C@@H]1CCCN1C. The Hall–Kier alpha value is -3.14. The molecule has 4 atom stereocenters. The Bertz CT molecular complexity index is 1450. The zero-order chi connectivity index (χ0) is 29.2. The van der Waals surface area contributed by atoms with Gasteiger partial charge in [0.15, 0.2) is 0 Å². The second kappa shape index (κ2) is 10.2. The highest BCUT2D eigenvalue weighted by atomic mass is 32.1. The van der Waals surface area contributed by atoms with Gasteiger partial charge < -0.3 is 30.4 Å². The van der Waals surface area contributed by atoms with E-state index in [-0.39, 0.29) is 11.6 Å². The van der Waals surface area contributed by atoms with Gasteiger partial charge in [-0.3, -0.25) is 4.90 Å². The number of likely N-dealkylation sites (tertiary alicyclic amines) is 1. The van der Waals surface area contributed by atoms with Crippen LogP contribution in [0, 0.1) is 11.3 Å². The van der Waals surface area contributed by atoms with E-state index in [1.165, 1.54) is 35.5 Å². The summed E-state index contributed by atoms with van der Waals surface area (Å²) in [6, 6.07) is 4.71. The summed E-state index contributed by atoms with van der Waals surface area (Å²) in [4.78, 5) is 24.1. The van der Waals surface area contributed by atoms with Crippen LogP contribution >= 0.6 is 11.3 Å². The van der Waals surface area contributed by atoms with Gasteiger partial charge in [-0.2, -0.15) is 10.2 Å². The van der Waals surface area contributed by atoms with E-state index in [0.29, 0.717) is 34.1 Å². The highest BCUT2D eigenvalue weighted by Crippen LogP contribution is 2.49. The highest BCUT2D eigenvalue weighted by Gasteiger charge is 2.50. The first-order valence-electron chi connectivity index (χ1n) is 15.3. The molecule has 1 spiro atoms. The van der Waals surface area contributed by atoms with Crippen molar-refractivity contribution in [3.8, 4) is 11.9 Å². The molecule has 0 aromatic carbocycles. The molecule has 3 fully saturated rings. The van der Waals surface area contributed by atoms with Crippen LogP contribution in [-0.2, 0) is 16.7 Å². The number of rotatable bonds is 6. The Morgan fingerprint density at radius 2 is 2.07 bits per heavy atom. The fourth-order valence-corrected chi connectivity index (χ4v) is 8.83. The zero-order valence-corrected chi connectivity index (χ0v) is 25.8. The van der Waals surface area contributed by atoms with Crippen LogP contribution in [0.15, 0.2) is 11.2 Å². The summed E-state index contributed by atoms with van der Waals surface area (Å²) in [5.41, 5.74) is 7.63. The van der Waals surface area contributed by atoms with E-state index in [0.717, 1.165) is 63.2 Å². The second-order valence-electron chi connectivity index (χ2n) is 13.0. The van der Waals surface area contributed by atoms with E-state index in [1.54, 1.807) is 0 Å². The van der Waals surface area contributed by atoms with Crippen LogP contribution < -0.4 is 20.7 Å². The molecule has 0 radical (unpaired) electrons. The normalized spacial score (nSPS) is 29.2. The number of oxime groups is 1. The Morgan fingerprint density at radius 3 is 2.81 bits per heavy atom. The third-order valence-corrected chi connectivity index (χ3v) is 11.2. The number of ether oxygens (including phenoxy) is 1. The summed E-state index contributed by atoms with van der Waals surface area (Å²) in [5, 5.41) is 18.8. The van der Waals surface area contributed by atoms with Crippen molar-refractivity contribution in [2.75, 3.05) is 50.9 Å². The smallest absolute Gasteiger partial charge is 0.219 e. The maximum absolute atomic E-state index is 9.97. The van der Waals surface area contributed by atoms with Crippen molar-refractivity contribution >= 4 is 28.0 Å². The maximum atomic E-state index is 9.97. The first kappa shape index (κ1) is 27.7. The number of hydrogen-bond acceptors (Lipinski definition) is 12. The van der Waals surface area contributed by atoms with Crippen LogP contribution in [0.4, 0.5) is 10.8 Å². The molecule has 2 aromatic rings. The minimum absolute atomic E-state index is 0.00818. The Labute approximate surface area is 251 Å². The fourth-order valence-electron chi connectivity index (χ4n) is 7.64. The number of nitrogens with zero attached hydrogens (tertiary/aromatic N) is 7. The molecule has 224 valence electrons. The third-order valence-electron chi connectivity index (χ3n) is 10.1. The number of nitriles is 1. The molecule has 5 aliphatic rings. The van der Waals surface area contributed by atoms with Crippen LogP contribution in [0.2, 0.25) is 0 Å². The van der Waals surface area contributed by atoms with Gasteiger partial charge in [0.25, 0.3) is 0 Å². The number of nitrogens with two attached hydrogens (primary N) is 1. The van der Waals surface area contributed by atoms with E-state index >= 15 is 0 Å². The molecule has 2 aliphatic carbocycles. The highest BCUT2D eigenvalue weighted by molar-refractivity contribution is 7.16. The van der Waals surface area contributed by atoms with Gasteiger partial charge in [-0.05, 0) is 77.9 Å². The number of aromatic nitrogens is 2. The lowest BCUT2D eigenvalue weighted by Crippen LogP contribution is -2.53. The van der Waals surface area contributed by atoms with Gasteiger partial charge in [0.05, 0.1) is 11.0 Å². The lowest BCUT2D eigenvalue weighted by molar-refractivity contribution is -0.0406. The predicted molar refractivity (Wildman–Crippen MR) is 163 cm³/mol. The molecule has 2 saturated heterocycles. The average molecular weight is 592 g/mol. The molecule has 3 N–H and O–H groups in total. The molecule has 5 heterocycles. The van der Waals surface area contributed by atoms with Crippen molar-refractivity contribution in [2.45, 2.75) is 88.1 Å². The van der Waals surface area contributed by atoms with Gasteiger partial charge in [0.1, 0.15) is 23.0 Å².